The quantitative estimate of drug-likeness (QED) is 0.355. The highest BCUT2D eigenvalue weighted by atomic mass is 19.1. The van der Waals surface area contributed by atoms with Gasteiger partial charge in [0.1, 0.15) is 29.3 Å². The second kappa shape index (κ2) is 9.93. The van der Waals surface area contributed by atoms with E-state index in [4.69, 9.17) is 4.74 Å². The van der Waals surface area contributed by atoms with Crippen LogP contribution in [0.15, 0.2) is 42.5 Å². The number of carbonyl (C=O) groups is 3. The number of hydrogen-bond donors (Lipinski definition) is 4. The van der Waals surface area contributed by atoms with Gasteiger partial charge in [-0.15, -0.1) is 0 Å². The highest BCUT2D eigenvalue weighted by Gasteiger charge is 2.37. The van der Waals surface area contributed by atoms with E-state index >= 15 is 0 Å². The van der Waals surface area contributed by atoms with E-state index in [9.17, 15) is 24.0 Å². The molecule has 37 heavy (non-hydrogen) atoms. The molecule has 2 heterocycles. The van der Waals surface area contributed by atoms with Crippen molar-refractivity contribution in [3.8, 4) is 11.8 Å². The van der Waals surface area contributed by atoms with Gasteiger partial charge in [-0.25, -0.2) is 4.39 Å². The van der Waals surface area contributed by atoms with Gasteiger partial charge in [0.05, 0.1) is 19.1 Å². The van der Waals surface area contributed by atoms with Gasteiger partial charge in [0.25, 0.3) is 5.91 Å². The van der Waals surface area contributed by atoms with Crippen LogP contribution in [-0.2, 0) is 9.59 Å². The van der Waals surface area contributed by atoms with E-state index in [0.717, 1.165) is 23.7 Å². The Kier molecular flexibility index (Phi) is 6.53. The lowest BCUT2D eigenvalue weighted by molar-refractivity contribution is -0.124. The first-order chi connectivity index (χ1) is 17.9. The van der Waals surface area contributed by atoms with Crippen molar-refractivity contribution < 1.29 is 23.5 Å². The summed E-state index contributed by atoms with van der Waals surface area (Å²) in [5.41, 5.74) is 1.56. The van der Waals surface area contributed by atoms with Crippen molar-refractivity contribution in [1.82, 2.24) is 15.6 Å². The van der Waals surface area contributed by atoms with Crippen LogP contribution in [0, 0.1) is 23.1 Å². The molecule has 3 atom stereocenters. The van der Waals surface area contributed by atoms with Gasteiger partial charge in [0.15, 0.2) is 0 Å². The van der Waals surface area contributed by atoms with Crippen LogP contribution in [0.2, 0.25) is 0 Å². The summed E-state index contributed by atoms with van der Waals surface area (Å²) in [5.74, 6) is -1.93. The number of ether oxygens (including phenoxy) is 1. The van der Waals surface area contributed by atoms with Crippen molar-refractivity contribution in [2.24, 2.45) is 5.92 Å². The zero-order valence-corrected chi connectivity index (χ0v) is 20.1. The number of anilines is 1. The molecule has 1 fully saturated rings. The molecule has 0 radical (unpaired) electrons. The Balaban J connectivity index is 1.30. The van der Waals surface area contributed by atoms with Gasteiger partial charge in [0.2, 0.25) is 11.8 Å². The zero-order valence-electron chi connectivity index (χ0n) is 20.1. The molecular weight excluding hydrogens is 477 g/mol. The van der Waals surface area contributed by atoms with Crippen LogP contribution >= 0.6 is 0 Å². The Morgan fingerprint density at radius 3 is 2.70 bits per heavy atom. The largest absolute Gasteiger partial charge is 0.496 e. The average molecular weight is 504 g/mol. The number of hydrogen-bond acceptors (Lipinski definition) is 5. The van der Waals surface area contributed by atoms with Crippen molar-refractivity contribution in [2.45, 2.75) is 43.7 Å². The van der Waals surface area contributed by atoms with E-state index in [2.05, 4.69) is 20.9 Å². The second-order valence-electron chi connectivity index (χ2n) is 9.48. The van der Waals surface area contributed by atoms with Crippen LogP contribution in [0.3, 0.4) is 0 Å². The molecule has 2 aliphatic rings. The summed E-state index contributed by atoms with van der Waals surface area (Å²) in [6.07, 6.45) is 2.26. The minimum Gasteiger partial charge on any atom is -0.496 e. The summed E-state index contributed by atoms with van der Waals surface area (Å²) in [7, 11) is 1.55. The fourth-order valence-corrected chi connectivity index (χ4v) is 4.81. The van der Waals surface area contributed by atoms with E-state index in [1.807, 2.05) is 12.1 Å². The van der Waals surface area contributed by atoms with Crippen molar-refractivity contribution in [3.05, 3.63) is 59.5 Å². The summed E-state index contributed by atoms with van der Waals surface area (Å²) in [4.78, 5) is 41.8. The van der Waals surface area contributed by atoms with Crippen LogP contribution in [0.1, 0.15) is 47.7 Å². The van der Waals surface area contributed by atoms with Gasteiger partial charge in [-0.05, 0) is 49.1 Å². The van der Waals surface area contributed by atoms with Crippen LogP contribution in [-0.4, -0.2) is 41.9 Å². The number of H-pyrrole nitrogens is 1. The molecular formula is C27H26FN5O4. The smallest absolute Gasteiger partial charge is 0.268 e. The molecule has 0 spiro atoms. The van der Waals surface area contributed by atoms with Gasteiger partial charge in [-0.2, -0.15) is 5.26 Å². The number of benzene rings is 2. The maximum Gasteiger partial charge on any atom is 0.268 e. The molecule has 4 N–H and O–H groups in total. The first-order valence-corrected chi connectivity index (χ1v) is 12.1. The predicted octanol–water partition coefficient (Wildman–Crippen LogP) is 3.35. The minimum atomic E-state index is -1.05. The van der Waals surface area contributed by atoms with Gasteiger partial charge in [0, 0.05) is 22.2 Å². The van der Waals surface area contributed by atoms with Crippen molar-refractivity contribution >= 4 is 34.3 Å². The number of rotatable bonds is 9. The standard InChI is InChI=1S/C27H26FN5O4/c1-37-23-7-3-5-19-16(23)12-22(31-19)27(36)33-21(10-14-8-9-14)26(35)30-15(13-29)11-17-24-18(28)4-2-6-20(24)32-25(17)34/h2-7,12,14-15,17,21,31H,8-11H2,1H3,(H,30,35)(H,32,34)(H,33,36)/t15-,17+,21-/m0/s1. The van der Waals surface area contributed by atoms with Crippen LogP contribution in [0.5, 0.6) is 5.75 Å². The van der Waals surface area contributed by atoms with Crippen LogP contribution in [0.25, 0.3) is 10.9 Å². The SMILES string of the molecule is COc1cccc2[nH]c(C(=O)N[C@@H](CC3CC3)C(=O)N[C@H](C#N)C[C@H]3C(=O)Nc4cccc(F)c43)cc12. The van der Waals surface area contributed by atoms with E-state index in [1.54, 1.807) is 31.4 Å². The van der Waals surface area contributed by atoms with E-state index in [-0.39, 0.29) is 17.7 Å². The molecule has 1 saturated carbocycles. The number of nitrogens with zero attached hydrogens (tertiary/aromatic N) is 1. The summed E-state index contributed by atoms with van der Waals surface area (Å²) < 4.78 is 19.8. The number of nitrogens with one attached hydrogen (secondary N) is 4. The van der Waals surface area contributed by atoms with Gasteiger partial charge in [-0.3, -0.25) is 14.4 Å². The molecule has 2 aromatic carbocycles. The van der Waals surface area contributed by atoms with Crippen LogP contribution < -0.4 is 20.7 Å². The number of amides is 3. The molecule has 190 valence electrons. The summed E-state index contributed by atoms with van der Waals surface area (Å²) >= 11 is 0. The predicted molar refractivity (Wildman–Crippen MR) is 133 cm³/mol. The van der Waals surface area contributed by atoms with E-state index < -0.39 is 41.5 Å². The summed E-state index contributed by atoms with van der Waals surface area (Å²) in [6.45, 7) is 0. The van der Waals surface area contributed by atoms with E-state index in [0.29, 0.717) is 23.8 Å². The van der Waals surface area contributed by atoms with E-state index in [1.165, 1.54) is 12.1 Å². The van der Waals surface area contributed by atoms with Crippen LogP contribution in [0.4, 0.5) is 10.1 Å². The Labute approximate surface area is 212 Å². The molecule has 9 nitrogen and oxygen atoms in total. The topological polar surface area (TPSA) is 136 Å². The summed E-state index contributed by atoms with van der Waals surface area (Å²) in [5, 5.41) is 18.5. The van der Waals surface area contributed by atoms with Gasteiger partial charge in [-0.1, -0.05) is 25.0 Å². The van der Waals surface area contributed by atoms with Gasteiger partial charge >= 0.3 is 0 Å². The molecule has 1 aliphatic heterocycles. The Hall–Kier alpha value is -4.39. The fraction of sp³-hybridized carbons (Fsp3) is 0.333. The maximum absolute atomic E-state index is 14.4. The molecule has 10 heteroatoms. The Morgan fingerprint density at radius 2 is 1.97 bits per heavy atom. The first kappa shape index (κ1) is 24.3. The number of aromatic amines is 1. The molecule has 1 aromatic heterocycles. The lowest BCUT2D eigenvalue weighted by atomic mass is 9.93. The normalized spacial score (nSPS) is 17.9. The van der Waals surface area contributed by atoms with Crippen molar-refractivity contribution in [1.29, 1.82) is 5.26 Å². The molecule has 0 saturated heterocycles. The number of halogens is 1. The Bertz CT molecular complexity index is 1420. The fourth-order valence-electron chi connectivity index (χ4n) is 4.81. The Morgan fingerprint density at radius 1 is 1.19 bits per heavy atom. The number of aromatic nitrogens is 1. The van der Waals surface area contributed by atoms with Crippen molar-refractivity contribution in [3.63, 3.8) is 0 Å². The average Bonchev–Trinajstić information content (AvgIpc) is 3.49. The molecule has 5 rings (SSSR count). The number of carbonyl (C=O) groups excluding carboxylic acids is 3. The lowest BCUT2D eigenvalue weighted by Crippen LogP contribution is -2.50. The highest BCUT2D eigenvalue weighted by molar-refractivity contribution is 6.03. The monoisotopic (exact) mass is 503 g/mol. The minimum absolute atomic E-state index is 0.0894. The third-order valence-electron chi connectivity index (χ3n) is 6.90. The second-order valence-corrected chi connectivity index (χ2v) is 9.48. The number of methoxy groups -OCH3 is 1. The number of nitriles is 1. The molecule has 0 unspecified atom stereocenters. The maximum atomic E-state index is 14.4. The summed E-state index contributed by atoms with van der Waals surface area (Å²) in [6, 6.07) is 11.5. The molecule has 0 bridgehead atoms. The first-order valence-electron chi connectivity index (χ1n) is 12.1. The molecule has 1 aliphatic carbocycles. The molecule has 3 amide bonds. The molecule has 3 aromatic rings. The van der Waals surface area contributed by atoms with Gasteiger partial charge < -0.3 is 25.7 Å². The third-order valence-corrected chi connectivity index (χ3v) is 6.90. The van der Waals surface area contributed by atoms with Crippen molar-refractivity contribution in [2.75, 3.05) is 12.4 Å². The lowest BCUT2D eigenvalue weighted by Gasteiger charge is -2.21. The highest BCUT2D eigenvalue weighted by Crippen LogP contribution is 2.37. The number of fused-ring (bicyclic) bond motifs is 2. The zero-order chi connectivity index (χ0) is 26.1. The third kappa shape index (κ3) is 4.98.